The highest BCUT2D eigenvalue weighted by atomic mass is 79.9. The molecule has 0 spiro atoms. The summed E-state index contributed by atoms with van der Waals surface area (Å²) in [6.07, 6.45) is 4.69. The summed E-state index contributed by atoms with van der Waals surface area (Å²) >= 11 is 3.27. The van der Waals surface area contributed by atoms with Crippen LogP contribution in [-0.4, -0.2) is 15.9 Å². The van der Waals surface area contributed by atoms with Crippen LogP contribution in [0.25, 0.3) is 0 Å². The lowest BCUT2D eigenvalue weighted by Gasteiger charge is -2.06. The molecule has 2 aromatic rings. The molecule has 6 heteroatoms. The molecule has 0 saturated carbocycles. The highest BCUT2D eigenvalue weighted by molar-refractivity contribution is 9.10. The van der Waals surface area contributed by atoms with E-state index in [1.54, 1.807) is 30.6 Å². The van der Waals surface area contributed by atoms with Gasteiger partial charge in [0.25, 0.3) is 5.91 Å². The van der Waals surface area contributed by atoms with Crippen LogP contribution in [-0.2, 0) is 0 Å². The van der Waals surface area contributed by atoms with Crippen LogP contribution in [0.4, 0.5) is 11.4 Å². The van der Waals surface area contributed by atoms with E-state index in [2.05, 4.69) is 31.2 Å². The van der Waals surface area contributed by atoms with Gasteiger partial charge in [-0.3, -0.25) is 9.78 Å². The van der Waals surface area contributed by atoms with E-state index in [1.165, 1.54) is 6.20 Å². The lowest BCUT2D eigenvalue weighted by Crippen LogP contribution is -2.15. The number of hydrogen-bond acceptors (Lipinski definition) is 4. The lowest BCUT2D eigenvalue weighted by molar-refractivity contribution is 0.102. The van der Waals surface area contributed by atoms with Crippen LogP contribution in [0, 0.1) is 0 Å². The molecule has 86 valence electrons. The van der Waals surface area contributed by atoms with E-state index in [1.807, 2.05) is 0 Å². The average molecular weight is 293 g/mol. The summed E-state index contributed by atoms with van der Waals surface area (Å²) in [5.74, 6) is -0.358. The monoisotopic (exact) mass is 292 g/mol. The van der Waals surface area contributed by atoms with Crippen molar-refractivity contribution < 1.29 is 4.79 Å². The Bertz CT molecular complexity index is 559. The molecular weight excluding hydrogens is 284 g/mol. The van der Waals surface area contributed by atoms with Crippen molar-refractivity contribution in [2.45, 2.75) is 0 Å². The normalized spacial score (nSPS) is 9.94. The van der Waals surface area contributed by atoms with Crippen LogP contribution in [0.3, 0.4) is 0 Å². The number of amides is 1. The van der Waals surface area contributed by atoms with Crippen LogP contribution >= 0.6 is 15.9 Å². The summed E-state index contributed by atoms with van der Waals surface area (Å²) in [6, 6.07) is 5.04. The maximum Gasteiger partial charge on any atom is 0.276 e. The molecule has 3 N–H and O–H groups in total. The van der Waals surface area contributed by atoms with Crippen LogP contribution < -0.4 is 11.1 Å². The molecule has 2 heterocycles. The topological polar surface area (TPSA) is 80.9 Å². The second-order valence-electron chi connectivity index (χ2n) is 3.29. The van der Waals surface area contributed by atoms with Gasteiger partial charge in [-0.05, 0) is 34.1 Å². The van der Waals surface area contributed by atoms with Crippen molar-refractivity contribution in [3.05, 3.63) is 47.0 Å². The molecule has 0 saturated heterocycles. The van der Waals surface area contributed by atoms with Gasteiger partial charge in [-0.25, -0.2) is 4.98 Å². The fraction of sp³-hybridized carbons (Fsp3) is 0. The first-order chi connectivity index (χ1) is 8.16. The Morgan fingerprint density at radius 2 is 2.24 bits per heavy atom. The number of rotatable bonds is 2. The van der Waals surface area contributed by atoms with E-state index < -0.39 is 0 Å². The van der Waals surface area contributed by atoms with Gasteiger partial charge in [-0.1, -0.05) is 0 Å². The number of nitrogens with one attached hydrogen (secondary N) is 1. The fourth-order valence-electron chi connectivity index (χ4n) is 1.28. The zero-order chi connectivity index (χ0) is 12.3. The van der Waals surface area contributed by atoms with Crippen molar-refractivity contribution >= 4 is 33.2 Å². The third-order valence-electron chi connectivity index (χ3n) is 2.02. The maximum absolute atomic E-state index is 11.8. The number of nitrogens with zero attached hydrogens (tertiary/aromatic N) is 2. The second kappa shape index (κ2) is 4.92. The molecule has 5 nitrogen and oxygen atoms in total. The van der Waals surface area contributed by atoms with Gasteiger partial charge in [0, 0.05) is 16.9 Å². The molecule has 0 radical (unpaired) electrons. The number of halogens is 1. The van der Waals surface area contributed by atoms with Gasteiger partial charge >= 0.3 is 0 Å². The number of nitrogen functional groups attached to an aromatic ring is 1. The molecular formula is C11H9BrN4O. The first-order valence-corrected chi connectivity index (χ1v) is 5.58. The summed E-state index contributed by atoms with van der Waals surface area (Å²) in [5.41, 5.74) is 6.78. The van der Waals surface area contributed by atoms with Gasteiger partial charge in [-0.15, -0.1) is 0 Å². The smallest absolute Gasteiger partial charge is 0.276 e. The van der Waals surface area contributed by atoms with Crippen LogP contribution in [0.5, 0.6) is 0 Å². The molecule has 0 aromatic carbocycles. The second-order valence-corrected chi connectivity index (χ2v) is 4.20. The minimum atomic E-state index is -0.358. The Kier molecular flexibility index (Phi) is 3.34. The highest BCUT2D eigenvalue weighted by Crippen LogP contribution is 2.15. The fourth-order valence-corrected chi connectivity index (χ4v) is 1.64. The highest BCUT2D eigenvalue weighted by Gasteiger charge is 2.10. The molecule has 0 aliphatic carbocycles. The first-order valence-electron chi connectivity index (χ1n) is 4.79. The number of aromatic nitrogens is 2. The first kappa shape index (κ1) is 11.5. The minimum absolute atomic E-state index is 0.201. The predicted octanol–water partition coefficient (Wildman–Crippen LogP) is 2.07. The van der Waals surface area contributed by atoms with Gasteiger partial charge in [0.15, 0.2) is 5.69 Å². The van der Waals surface area contributed by atoms with Gasteiger partial charge in [0.1, 0.15) is 0 Å². The van der Waals surface area contributed by atoms with Crippen molar-refractivity contribution in [2.24, 2.45) is 0 Å². The maximum atomic E-state index is 11.8. The van der Waals surface area contributed by atoms with Gasteiger partial charge < -0.3 is 11.1 Å². The Morgan fingerprint density at radius 1 is 1.41 bits per heavy atom. The van der Waals surface area contributed by atoms with Gasteiger partial charge in [0.2, 0.25) is 0 Å². The molecule has 0 aliphatic heterocycles. The molecule has 17 heavy (non-hydrogen) atoms. The van der Waals surface area contributed by atoms with E-state index >= 15 is 0 Å². The standard InChI is InChI=1S/C11H9BrN4O/c12-7-4-8(6-14-5-7)16-11(17)10-9(13)2-1-3-15-10/h1-6H,13H2,(H,16,17). The van der Waals surface area contributed by atoms with Crippen LogP contribution in [0.15, 0.2) is 41.3 Å². The SMILES string of the molecule is Nc1cccnc1C(=O)Nc1cncc(Br)c1. The number of anilines is 2. The molecule has 2 aromatic heterocycles. The molecule has 2 rings (SSSR count). The van der Waals surface area contributed by atoms with Crippen molar-refractivity contribution in [1.82, 2.24) is 9.97 Å². The zero-order valence-corrected chi connectivity index (χ0v) is 10.3. The largest absolute Gasteiger partial charge is 0.397 e. The van der Waals surface area contributed by atoms with E-state index in [4.69, 9.17) is 5.73 Å². The zero-order valence-electron chi connectivity index (χ0n) is 8.72. The summed E-state index contributed by atoms with van der Waals surface area (Å²) in [7, 11) is 0. The van der Waals surface area contributed by atoms with Crippen molar-refractivity contribution in [1.29, 1.82) is 0 Å². The molecule has 1 amide bonds. The Morgan fingerprint density at radius 3 is 2.94 bits per heavy atom. The number of nitrogens with two attached hydrogens (primary N) is 1. The lowest BCUT2D eigenvalue weighted by atomic mass is 10.3. The van der Waals surface area contributed by atoms with E-state index in [9.17, 15) is 4.79 Å². The van der Waals surface area contributed by atoms with E-state index in [0.29, 0.717) is 11.4 Å². The van der Waals surface area contributed by atoms with Gasteiger partial charge in [-0.2, -0.15) is 0 Å². The molecule has 0 unspecified atom stereocenters. The Labute approximate surface area is 106 Å². The molecule has 0 fully saturated rings. The number of carbonyl (C=O) groups is 1. The van der Waals surface area contributed by atoms with E-state index in [-0.39, 0.29) is 11.6 Å². The Balaban J connectivity index is 2.20. The number of hydrogen-bond donors (Lipinski definition) is 2. The van der Waals surface area contributed by atoms with Crippen LogP contribution in [0.2, 0.25) is 0 Å². The van der Waals surface area contributed by atoms with Crippen LogP contribution in [0.1, 0.15) is 10.5 Å². The third kappa shape index (κ3) is 2.79. The van der Waals surface area contributed by atoms with E-state index in [0.717, 1.165) is 4.47 Å². The summed E-state index contributed by atoms with van der Waals surface area (Å²) in [6.45, 7) is 0. The number of carbonyl (C=O) groups excluding carboxylic acids is 1. The molecule has 0 aliphatic rings. The van der Waals surface area contributed by atoms with Crippen molar-refractivity contribution in [3.8, 4) is 0 Å². The quantitative estimate of drug-likeness (QED) is 0.888. The predicted molar refractivity (Wildman–Crippen MR) is 68.5 cm³/mol. The molecule has 0 atom stereocenters. The summed E-state index contributed by atoms with van der Waals surface area (Å²) in [4.78, 5) is 19.7. The minimum Gasteiger partial charge on any atom is -0.397 e. The number of pyridine rings is 2. The molecule has 0 bridgehead atoms. The summed E-state index contributed by atoms with van der Waals surface area (Å²) < 4.78 is 0.782. The summed E-state index contributed by atoms with van der Waals surface area (Å²) in [5, 5.41) is 2.67. The average Bonchev–Trinajstić information content (AvgIpc) is 2.29. The van der Waals surface area contributed by atoms with Crippen molar-refractivity contribution in [2.75, 3.05) is 11.1 Å². The third-order valence-corrected chi connectivity index (χ3v) is 2.45. The van der Waals surface area contributed by atoms with Crippen molar-refractivity contribution in [3.63, 3.8) is 0 Å². The van der Waals surface area contributed by atoms with Gasteiger partial charge in [0.05, 0.1) is 17.6 Å². The Hall–Kier alpha value is -1.95.